The Hall–Kier alpha value is -3.97. The van der Waals surface area contributed by atoms with Gasteiger partial charge in [-0.15, -0.1) is 0 Å². The van der Waals surface area contributed by atoms with Crippen LogP contribution in [0.2, 0.25) is 5.02 Å². The number of nitrogens with zero attached hydrogens (tertiary/aromatic N) is 1. The fourth-order valence-electron chi connectivity index (χ4n) is 4.64. The topological polar surface area (TPSA) is 78.2 Å². The molecule has 0 N–H and O–H groups in total. The molecule has 0 radical (unpaired) electrons. The maximum Gasteiger partial charge on any atom is 0.295 e. The minimum atomic E-state index is -0.779. The molecule has 5 rings (SSSR count). The lowest BCUT2D eigenvalue weighted by atomic mass is 9.97. The van der Waals surface area contributed by atoms with E-state index in [1.54, 1.807) is 55.6 Å². The summed E-state index contributed by atoms with van der Waals surface area (Å²) in [5, 5.41) is 0.755. The fourth-order valence-corrected chi connectivity index (χ4v) is 4.89. The molecule has 1 aliphatic heterocycles. The molecule has 8 heteroatoms. The second kappa shape index (κ2) is 8.91. The van der Waals surface area contributed by atoms with Crippen LogP contribution >= 0.6 is 11.6 Å². The summed E-state index contributed by atoms with van der Waals surface area (Å²) in [5.41, 5.74) is 3.44. The number of anilines is 1. The highest BCUT2D eigenvalue weighted by Crippen LogP contribution is 2.44. The van der Waals surface area contributed by atoms with Gasteiger partial charge in [-0.1, -0.05) is 17.7 Å². The fraction of sp³-hybridized carbons (Fsp3) is 0.214. The molecule has 3 aromatic carbocycles. The van der Waals surface area contributed by atoms with Crippen molar-refractivity contribution in [3.63, 3.8) is 0 Å². The SMILES string of the molecule is COc1ccc(N2C(=O)c3oc4cc(C)c(C)cc4c(=O)c3C2c2ccc(OC)c(OC)c2)cc1Cl. The van der Waals surface area contributed by atoms with Crippen LogP contribution in [0.15, 0.2) is 57.7 Å². The predicted octanol–water partition coefficient (Wildman–Crippen LogP) is 5.84. The molecular formula is C28H24ClNO6. The van der Waals surface area contributed by atoms with E-state index in [9.17, 15) is 9.59 Å². The van der Waals surface area contributed by atoms with Gasteiger partial charge in [0.25, 0.3) is 5.91 Å². The highest BCUT2D eigenvalue weighted by atomic mass is 35.5. The minimum Gasteiger partial charge on any atom is -0.495 e. The zero-order valence-electron chi connectivity index (χ0n) is 20.5. The smallest absolute Gasteiger partial charge is 0.295 e. The quantitative estimate of drug-likeness (QED) is 0.339. The van der Waals surface area contributed by atoms with Crippen LogP contribution in [0.5, 0.6) is 17.2 Å². The van der Waals surface area contributed by atoms with Crippen LogP contribution in [0.1, 0.15) is 38.9 Å². The second-order valence-electron chi connectivity index (χ2n) is 8.62. The second-order valence-corrected chi connectivity index (χ2v) is 9.02. The van der Waals surface area contributed by atoms with E-state index in [-0.39, 0.29) is 16.8 Å². The molecule has 0 saturated carbocycles. The molecule has 1 atom stereocenters. The number of rotatable bonds is 5. The molecular weight excluding hydrogens is 482 g/mol. The van der Waals surface area contributed by atoms with Crippen molar-refractivity contribution in [1.82, 2.24) is 0 Å². The van der Waals surface area contributed by atoms with Gasteiger partial charge in [0.15, 0.2) is 16.9 Å². The number of amides is 1. The monoisotopic (exact) mass is 505 g/mol. The molecule has 1 amide bonds. The number of benzene rings is 3. The summed E-state index contributed by atoms with van der Waals surface area (Å²) in [7, 11) is 4.59. The van der Waals surface area contributed by atoms with Crippen molar-refractivity contribution >= 4 is 34.2 Å². The van der Waals surface area contributed by atoms with Crippen molar-refractivity contribution in [2.45, 2.75) is 19.9 Å². The molecule has 0 bridgehead atoms. The van der Waals surface area contributed by atoms with Gasteiger partial charge in [-0.3, -0.25) is 14.5 Å². The molecule has 7 nitrogen and oxygen atoms in total. The van der Waals surface area contributed by atoms with Gasteiger partial charge in [0, 0.05) is 5.69 Å². The Bertz CT molecular complexity index is 1590. The Kier molecular flexibility index (Phi) is 5.88. The highest BCUT2D eigenvalue weighted by molar-refractivity contribution is 6.32. The Morgan fingerprint density at radius 2 is 1.50 bits per heavy atom. The van der Waals surface area contributed by atoms with Crippen LogP contribution in [0, 0.1) is 13.8 Å². The lowest BCUT2D eigenvalue weighted by Gasteiger charge is -2.26. The Labute approximate surface area is 212 Å². The van der Waals surface area contributed by atoms with Crippen molar-refractivity contribution in [3.05, 3.63) is 91.8 Å². The van der Waals surface area contributed by atoms with Crippen LogP contribution in [-0.2, 0) is 0 Å². The van der Waals surface area contributed by atoms with Crippen molar-refractivity contribution in [2.75, 3.05) is 26.2 Å². The molecule has 0 spiro atoms. The lowest BCUT2D eigenvalue weighted by Crippen LogP contribution is -2.29. The maximum absolute atomic E-state index is 13.9. The van der Waals surface area contributed by atoms with E-state index < -0.39 is 11.9 Å². The Morgan fingerprint density at radius 1 is 0.833 bits per heavy atom. The van der Waals surface area contributed by atoms with Gasteiger partial charge in [-0.2, -0.15) is 0 Å². The van der Waals surface area contributed by atoms with E-state index in [0.29, 0.717) is 44.5 Å². The first-order chi connectivity index (χ1) is 17.3. The van der Waals surface area contributed by atoms with Crippen LogP contribution in [-0.4, -0.2) is 27.2 Å². The van der Waals surface area contributed by atoms with Crippen LogP contribution in [0.4, 0.5) is 5.69 Å². The van der Waals surface area contributed by atoms with Crippen molar-refractivity contribution in [3.8, 4) is 17.2 Å². The Morgan fingerprint density at radius 3 is 2.17 bits per heavy atom. The van der Waals surface area contributed by atoms with E-state index in [2.05, 4.69) is 0 Å². The lowest BCUT2D eigenvalue weighted by molar-refractivity contribution is 0.0971. The summed E-state index contributed by atoms with van der Waals surface area (Å²) in [6.45, 7) is 3.87. The van der Waals surface area contributed by atoms with Crippen LogP contribution < -0.4 is 24.5 Å². The number of methoxy groups -OCH3 is 3. The summed E-state index contributed by atoms with van der Waals surface area (Å²) in [4.78, 5) is 29.2. The van der Waals surface area contributed by atoms with Crippen molar-refractivity contribution < 1.29 is 23.4 Å². The number of carbonyl (C=O) groups excluding carboxylic acids is 1. The van der Waals surface area contributed by atoms with Gasteiger partial charge < -0.3 is 18.6 Å². The number of fused-ring (bicyclic) bond motifs is 2. The summed E-state index contributed by atoms with van der Waals surface area (Å²) < 4.78 is 22.3. The average molecular weight is 506 g/mol. The summed E-state index contributed by atoms with van der Waals surface area (Å²) in [6, 6.07) is 13.2. The van der Waals surface area contributed by atoms with Crippen molar-refractivity contribution in [2.24, 2.45) is 0 Å². The molecule has 0 fully saturated rings. The van der Waals surface area contributed by atoms with Gasteiger partial charge in [0.05, 0.1) is 43.3 Å². The average Bonchev–Trinajstić information content (AvgIpc) is 3.17. The maximum atomic E-state index is 13.9. The predicted molar refractivity (Wildman–Crippen MR) is 138 cm³/mol. The first-order valence-electron chi connectivity index (χ1n) is 11.3. The van der Waals surface area contributed by atoms with Crippen molar-refractivity contribution in [1.29, 1.82) is 0 Å². The molecule has 36 heavy (non-hydrogen) atoms. The number of aryl methyl sites for hydroxylation is 2. The van der Waals surface area contributed by atoms with E-state index in [1.165, 1.54) is 19.1 Å². The summed E-state index contributed by atoms with van der Waals surface area (Å²) in [5.74, 6) is 1.03. The largest absolute Gasteiger partial charge is 0.495 e. The standard InChI is InChI=1S/C28H24ClNO6/c1-14-10-18-22(11-15(14)2)36-27-24(26(18)31)25(16-6-8-21(34-4)23(12-16)35-5)30(28(27)32)17-7-9-20(33-3)19(29)13-17/h6-13,25H,1-5H3. The van der Waals surface area contributed by atoms with Crippen LogP contribution in [0.3, 0.4) is 0 Å². The molecule has 1 unspecified atom stereocenters. The number of hydrogen-bond donors (Lipinski definition) is 0. The number of ether oxygens (including phenoxy) is 3. The zero-order chi connectivity index (χ0) is 25.7. The summed E-state index contributed by atoms with van der Waals surface area (Å²) in [6.07, 6.45) is 0. The minimum absolute atomic E-state index is 0.00229. The number of halogens is 1. The van der Waals surface area contributed by atoms with E-state index in [4.69, 9.17) is 30.2 Å². The normalized spacial score (nSPS) is 14.8. The van der Waals surface area contributed by atoms with E-state index in [0.717, 1.165) is 11.1 Å². The van der Waals surface area contributed by atoms with Gasteiger partial charge in [-0.05, 0) is 73.0 Å². The third kappa shape index (κ3) is 3.58. The van der Waals surface area contributed by atoms with Gasteiger partial charge in [0.1, 0.15) is 11.3 Å². The first kappa shape index (κ1) is 23.8. The van der Waals surface area contributed by atoms with E-state index >= 15 is 0 Å². The summed E-state index contributed by atoms with van der Waals surface area (Å²) >= 11 is 6.41. The van der Waals surface area contributed by atoms with Gasteiger partial charge in [0.2, 0.25) is 5.76 Å². The van der Waals surface area contributed by atoms with Crippen LogP contribution in [0.25, 0.3) is 11.0 Å². The molecule has 1 aromatic heterocycles. The number of hydrogen-bond acceptors (Lipinski definition) is 6. The molecule has 0 saturated heterocycles. The Balaban J connectivity index is 1.81. The third-order valence-electron chi connectivity index (χ3n) is 6.62. The molecule has 4 aromatic rings. The zero-order valence-corrected chi connectivity index (χ0v) is 21.2. The highest BCUT2D eigenvalue weighted by Gasteiger charge is 2.44. The van der Waals surface area contributed by atoms with E-state index in [1.807, 2.05) is 13.8 Å². The molecule has 184 valence electrons. The molecule has 1 aliphatic rings. The number of carbonyl (C=O) groups is 1. The first-order valence-corrected chi connectivity index (χ1v) is 11.6. The van der Waals surface area contributed by atoms with Gasteiger partial charge in [-0.25, -0.2) is 0 Å². The molecule has 2 heterocycles. The molecule has 0 aliphatic carbocycles. The third-order valence-corrected chi connectivity index (χ3v) is 6.92. The van der Waals surface area contributed by atoms with Gasteiger partial charge >= 0.3 is 0 Å².